The van der Waals surface area contributed by atoms with Crippen LogP contribution in [0.4, 0.5) is 11.4 Å². The van der Waals surface area contributed by atoms with Crippen molar-refractivity contribution in [2.24, 2.45) is 0 Å². The molecule has 0 unspecified atom stereocenters. The number of nitrogens with zero attached hydrogens (tertiary/aromatic N) is 4. The molecule has 306 valence electrons. The maximum absolute atomic E-state index is 5.25. The van der Waals surface area contributed by atoms with E-state index in [1.807, 2.05) is 26.0 Å². The predicted molar refractivity (Wildman–Crippen MR) is 268 cm³/mol. The van der Waals surface area contributed by atoms with Crippen LogP contribution in [0.15, 0.2) is 200 Å². The van der Waals surface area contributed by atoms with Gasteiger partial charge < -0.3 is 9.47 Å². The lowest BCUT2D eigenvalue weighted by Crippen LogP contribution is -2.32. The third kappa shape index (κ3) is 6.44. The molecule has 2 aromatic heterocycles. The average Bonchev–Trinajstić information content (AvgIpc) is 3.69. The smallest absolute Gasteiger partial charge is 0.160 e. The summed E-state index contributed by atoms with van der Waals surface area (Å²) in [5.74, 6) is 0.702. The zero-order valence-corrected chi connectivity index (χ0v) is 36.8. The van der Waals surface area contributed by atoms with Crippen LogP contribution in [0.2, 0.25) is 0 Å². The molecule has 63 heavy (non-hydrogen) atoms. The number of rotatable bonds is 6. The second kappa shape index (κ2) is 16.0. The van der Waals surface area contributed by atoms with Crippen LogP contribution < -0.4 is 4.90 Å². The Kier molecular flexibility index (Phi) is 10.1. The second-order valence-electron chi connectivity index (χ2n) is 16.5. The third-order valence-corrected chi connectivity index (χ3v) is 12.6. The van der Waals surface area contributed by atoms with Gasteiger partial charge in [0.2, 0.25) is 0 Å². The fourth-order valence-electron chi connectivity index (χ4n) is 9.79. The quantitative estimate of drug-likeness (QED) is 0.157. The topological polar surface area (TPSA) is 34.0 Å². The number of benzene rings is 8. The molecule has 0 spiro atoms. The molecule has 8 aromatic carbocycles. The normalized spacial score (nSPS) is 13.4. The Balaban J connectivity index is 0.00000232. The van der Waals surface area contributed by atoms with Gasteiger partial charge in [0.15, 0.2) is 5.82 Å². The minimum absolute atomic E-state index is 0.185. The van der Waals surface area contributed by atoms with Crippen molar-refractivity contribution in [3.05, 3.63) is 211 Å². The van der Waals surface area contributed by atoms with E-state index in [0.717, 1.165) is 50.1 Å². The summed E-state index contributed by atoms with van der Waals surface area (Å²) in [7, 11) is 0. The van der Waals surface area contributed by atoms with Gasteiger partial charge in [-0.05, 0) is 95.4 Å². The molecule has 11 rings (SSSR count). The van der Waals surface area contributed by atoms with Crippen molar-refractivity contribution < 1.29 is 0 Å². The van der Waals surface area contributed by atoms with Crippen molar-refractivity contribution in [1.82, 2.24) is 14.5 Å². The zero-order valence-electron chi connectivity index (χ0n) is 36.8. The molecule has 0 fully saturated rings. The molecule has 0 radical (unpaired) electrons. The van der Waals surface area contributed by atoms with Crippen molar-refractivity contribution >= 4 is 54.9 Å². The highest BCUT2D eigenvalue weighted by Gasteiger charge is 2.37. The molecular weight excluding hydrogens is 765 g/mol. The van der Waals surface area contributed by atoms with Crippen molar-refractivity contribution in [3.8, 4) is 39.5 Å². The first kappa shape index (κ1) is 39.6. The van der Waals surface area contributed by atoms with E-state index >= 15 is 0 Å². The molecule has 0 saturated heterocycles. The molecule has 1 aliphatic rings. The van der Waals surface area contributed by atoms with Crippen LogP contribution >= 0.6 is 0 Å². The van der Waals surface area contributed by atoms with E-state index in [0.29, 0.717) is 5.82 Å². The SMILES string of the molecule is C/C=C\C(=C/C)N1c2ccccc2C(C)(C)c2ccc(-c3cccc4c3c3c5ccccc5ccc3n4-c3cccc(-c4nc(-c5ccccc5)c5ccccc5n4)c3)cc21.CC. The van der Waals surface area contributed by atoms with Crippen LogP contribution in [0.1, 0.15) is 52.7 Å². The van der Waals surface area contributed by atoms with Crippen LogP contribution in [-0.4, -0.2) is 14.5 Å². The first-order valence-corrected chi connectivity index (χ1v) is 22.2. The number of para-hydroxylation sites is 2. The fraction of sp³-hybridized carbons (Fsp3) is 0.119. The molecule has 0 N–H and O–H groups in total. The molecule has 0 atom stereocenters. The van der Waals surface area contributed by atoms with Crippen molar-refractivity contribution in [2.45, 2.75) is 47.0 Å². The van der Waals surface area contributed by atoms with Gasteiger partial charge in [-0.25, -0.2) is 9.97 Å². The minimum atomic E-state index is -0.185. The highest BCUT2D eigenvalue weighted by atomic mass is 15.2. The van der Waals surface area contributed by atoms with Gasteiger partial charge in [0.05, 0.1) is 33.6 Å². The summed E-state index contributed by atoms with van der Waals surface area (Å²) >= 11 is 0. The van der Waals surface area contributed by atoms with Gasteiger partial charge in [-0.1, -0.05) is 173 Å². The molecule has 0 amide bonds. The number of aromatic nitrogens is 3. The van der Waals surface area contributed by atoms with E-state index < -0.39 is 0 Å². The van der Waals surface area contributed by atoms with Crippen molar-refractivity contribution in [1.29, 1.82) is 0 Å². The maximum Gasteiger partial charge on any atom is 0.160 e. The Morgan fingerprint density at radius 3 is 2.06 bits per heavy atom. The Morgan fingerprint density at radius 2 is 1.24 bits per heavy atom. The van der Waals surface area contributed by atoms with Gasteiger partial charge in [0, 0.05) is 44.1 Å². The number of hydrogen-bond donors (Lipinski definition) is 0. The first-order chi connectivity index (χ1) is 30.9. The van der Waals surface area contributed by atoms with Gasteiger partial charge in [-0.2, -0.15) is 0 Å². The van der Waals surface area contributed by atoms with E-state index in [9.17, 15) is 0 Å². The summed E-state index contributed by atoms with van der Waals surface area (Å²) in [6, 6.07) is 63.5. The zero-order chi connectivity index (χ0) is 43.2. The average molecular weight is 815 g/mol. The molecule has 10 aromatic rings. The Hall–Kier alpha value is -7.56. The van der Waals surface area contributed by atoms with Crippen LogP contribution in [0, 0.1) is 0 Å². The van der Waals surface area contributed by atoms with Crippen LogP contribution in [0.25, 0.3) is 82.9 Å². The molecule has 0 saturated carbocycles. The van der Waals surface area contributed by atoms with Crippen LogP contribution in [0.5, 0.6) is 0 Å². The van der Waals surface area contributed by atoms with E-state index in [1.165, 1.54) is 55.2 Å². The molecule has 3 heterocycles. The van der Waals surface area contributed by atoms with E-state index in [2.05, 4.69) is 219 Å². The van der Waals surface area contributed by atoms with Gasteiger partial charge >= 0.3 is 0 Å². The Morgan fingerprint density at radius 1 is 0.540 bits per heavy atom. The molecule has 0 bridgehead atoms. The van der Waals surface area contributed by atoms with Gasteiger partial charge in [-0.3, -0.25) is 0 Å². The lowest BCUT2D eigenvalue weighted by molar-refractivity contribution is 0.630. The summed E-state index contributed by atoms with van der Waals surface area (Å²) < 4.78 is 2.43. The van der Waals surface area contributed by atoms with E-state index in [-0.39, 0.29) is 5.41 Å². The monoisotopic (exact) mass is 814 g/mol. The summed E-state index contributed by atoms with van der Waals surface area (Å²) in [5.41, 5.74) is 15.6. The Bertz CT molecular complexity index is 3420. The lowest BCUT2D eigenvalue weighted by Gasteiger charge is -2.42. The molecular formula is C59H50N4. The van der Waals surface area contributed by atoms with Gasteiger partial charge in [0.1, 0.15) is 0 Å². The number of allylic oxidation sites excluding steroid dienone is 3. The molecule has 4 heteroatoms. The third-order valence-electron chi connectivity index (χ3n) is 12.6. The van der Waals surface area contributed by atoms with E-state index in [4.69, 9.17) is 9.97 Å². The Labute approximate surface area is 370 Å². The second-order valence-corrected chi connectivity index (χ2v) is 16.5. The highest BCUT2D eigenvalue weighted by molar-refractivity contribution is 6.25. The lowest BCUT2D eigenvalue weighted by atomic mass is 9.73. The van der Waals surface area contributed by atoms with Crippen LogP contribution in [0.3, 0.4) is 0 Å². The molecule has 0 aliphatic carbocycles. The molecule has 1 aliphatic heterocycles. The maximum atomic E-state index is 5.25. The number of hydrogen-bond acceptors (Lipinski definition) is 3. The van der Waals surface area contributed by atoms with Crippen molar-refractivity contribution in [3.63, 3.8) is 0 Å². The number of fused-ring (bicyclic) bond motifs is 8. The fourth-order valence-corrected chi connectivity index (χ4v) is 9.79. The summed E-state index contributed by atoms with van der Waals surface area (Å²) in [6.07, 6.45) is 6.56. The minimum Gasteiger partial charge on any atom is -0.310 e. The standard InChI is InChI=1S/C57H44N4.C2H6/c1-5-18-41(6-2)60-49-29-15-13-27-46(49)57(3,4)47-33-31-39(36-52(47)60)44-26-17-30-50-54(44)53-43-24-11-10-19-37(43)32-34-51(53)61(50)42-23-16-22-40(35-42)56-58-48-28-14-12-25-45(48)55(59-56)38-20-8-7-9-21-38;1-2/h5-36H,1-4H3;1-2H3/b18-5-,41-6+;. The summed E-state index contributed by atoms with van der Waals surface area (Å²) in [6.45, 7) is 12.9. The predicted octanol–water partition coefficient (Wildman–Crippen LogP) is 16.2. The summed E-state index contributed by atoms with van der Waals surface area (Å²) in [5, 5.41) is 5.96. The largest absolute Gasteiger partial charge is 0.310 e. The van der Waals surface area contributed by atoms with Gasteiger partial charge in [0.25, 0.3) is 0 Å². The van der Waals surface area contributed by atoms with Gasteiger partial charge in [-0.15, -0.1) is 0 Å². The number of anilines is 2. The summed E-state index contributed by atoms with van der Waals surface area (Å²) in [4.78, 5) is 12.8. The van der Waals surface area contributed by atoms with Crippen LogP contribution in [-0.2, 0) is 5.41 Å². The highest BCUT2D eigenvalue weighted by Crippen LogP contribution is 2.52. The van der Waals surface area contributed by atoms with E-state index in [1.54, 1.807) is 0 Å². The van der Waals surface area contributed by atoms with Crippen molar-refractivity contribution in [2.75, 3.05) is 4.90 Å². The molecule has 4 nitrogen and oxygen atoms in total. The first-order valence-electron chi connectivity index (χ1n) is 22.2.